The molecule has 1 heterocycles. The Kier molecular flexibility index (Phi) is 1.96. The highest BCUT2D eigenvalue weighted by molar-refractivity contribution is 9.12. The van der Waals surface area contributed by atoms with E-state index < -0.39 is 0 Å². The summed E-state index contributed by atoms with van der Waals surface area (Å²) in [7, 11) is 0. The van der Waals surface area contributed by atoms with Crippen LogP contribution in [0.25, 0.3) is 0 Å². The summed E-state index contributed by atoms with van der Waals surface area (Å²) < 4.78 is 1.20. The van der Waals surface area contributed by atoms with Gasteiger partial charge in [-0.25, -0.2) is 0 Å². The maximum Gasteiger partial charge on any atom is 0.0424 e. The zero-order chi connectivity index (χ0) is 6.85. The Balaban J connectivity index is 2.75. The highest BCUT2D eigenvalue weighted by atomic mass is 79.9. The molecule has 0 aromatic carbocycles. The van der Waals surface area contributed by atoms with Crippen molar-refractivity contribution >= 4 is 15.9 Å². The Bertz CT molecular complexity index is 170. The van der Waals surface area contributed by atoms with Crippen molar-refractivity contribution in [3.05, 3.63) is 22.3 Å². The lowest BCUT2D eigenvalue weighted by molar-refractivity contribution is 0.752. The van der Waals surface area contributed by atoms with Crippen LogP contribution in [0, 0.1) is 0 Å². The minimum Gasteiger partial charge on any atom is -0.385 e. The predicted octanol–water partition coefficient (Wildman–Crippen LogP) is 2.16. The molecule has 1 aliphatic heterocycles. The molecular weight excluding hydrogens is 178 g/mol. The van der Waals surface area contributed by atoms with Gasteiger partial charge in [0.25, 0.3) is 0 Å². The van der Waals surface area contributed by atoms with Crippen LogP contribution < -0.4 is 5.32 Å². The monoisotopic (exact) mass is 187 g/mol. The molecule has 9 heavy (non-hydrogen) atoms. The second kappa shape index (κ2) is 2.56. The van der Waals surface area contributed by atoms with Crippen LogP contribution in [-0.2, 0) is 0 Å². The second-order valence-corrected chi connectivity index (χ2v) is 3.15. The number of rotatable bonds is 0. The summed E-state index contributed by atoms with van der Waals surface area (Å²) in [5, 5.41) is 3.19. The van der Waals surface area contributed by atoms with E-state index in [0.717, 1.165) is 0 Å². The molecule has 0 aromatic rings. The molecule has 0 aromatic heterocycles. The first kappa shape index (κ1) is 6.87. The van der Waals surface area contributed by atoms with E-state index >= 15 is 0 Å². The van der Waals surface area contributed by atoms with Gasteiger partial charge in [-0.3, -0.25) is 0 Å². The molecule has 0 saturated heterocycles. The summed E-state index contributed by atoms with van der Waals surface area (Å²) in [6.07, 6.45) is 4.17. The third-order valence-corrected chi connectivity index (χ3v) is 2.23. The van der Waals surface area contributed by atoms with Crippen molar-refractivity contribution in [1.82, 2.24) is 5.32 Å². The van der Waals surface area contributed by atoms with Crippen LogP contribution in [0.2, 0.25) is 0 Å². The molecule has 0 amide bonds. The maximum absolute atomic E-state index is 3.45. The van der Waals surface area contributed by atoms with Gasteiger partial charge in [0.1, 0.15) is 0 Å². The fraction of sp³-hybridized carbons (Fsp3) is 0.429. The first-order valence-corrected chi connectivity index (χ1v) is 3.80. The van der Waals surface area contributed by atoms with Gasteiger partial charge in [-0.15, -0.1) is 0 Å². The molecule has 0 fully saturated rings. The van der Waals surface area contributed by atoms with Gasteiger partial charge in [0.05, 0.1) is 0 Å². The molecule has 0 radical (unpaired) electrons. The summed E-state index contributed by atoms with van der Waals surface area (Å²) in [5.41, 5.74) is 1.26. The lowest BCUT2D eigenvalue weighted by atomic mass is 10.2. The first-order valence-electron chi connectivity index (χ1n) is 3.00. The summed E-state index contributed by atoms with van der Waals surface area (Å²) in [6, 6.07) is 0.461. The smallest absolute Gasteiger partial charge is 0.0424 e. The normalized spacial score (nSPS) is 26.3. The highest BCUT2D eigenvalue weighted by Gasteiger charge is 2.03. The minimum absolute atomic E-state index is 0.461. The van der Waals surface area contributed by atoms with Crippen LogP contribution in [0.15, 0.2) is 22.3 Å². The number of dihydropyridines is 1. The third kappa shape index (κ3) is 1.58. The van der Waals surface area contributed by atoms with E-state index in [1.54, 1.807) is 0 Å². The number of halogens is 1. The quantitative estimate of drug-likeness (QED) is 0.614. The zero-order valence-electron chi connectivity index (χ0n) is 5.61. The Labute approximate surface area is 64.0 Å². The van der Waals surface area contributed by atoms with Crippen LogP contribution in [0.5, 0.6) is 0 Å². The minimum atomic E-state index is 0.461. The average molecular weight is 188 g/mol. The van der Waals surface area contributed by atoms with E-state index in [9.17, 15) is 0 Å². The summed E-state index contributed by atoms with van der Waals surface area (Å²) in [6.45, 7) is 4.18. The van der Waals surface area contributed by atoms with E-state index in [2.05, 4.69) is 41.2 Å². The van der Waals surface area contributed by atoms with Gasteiger partial charge in [-0.2, -0.15) is 0 Å². The molecule has 1 nitrogen and oxygen atoms in total. The van der Waals surface area contributed by atoms with E-state index in [1.165, 1.54) is 10.1 Å². The largest absolute Gasteiger partial charge is 0.385 e. The molecule has 1 unspecified atom stereocenters. The van der Waals surface area contributed by atoms with Crippen LogP contribution in [0.3, 0.4) is 0 Å². The fourth-order valence-electron chi connectivity index (χ4n) is 0.724. The van der Waals surface area contributed by atoms with Crippen LogP contribution in [-0.4, -0.2) is 6.04 Å². The van der Waals surface area contributed by atoms with Crippen molar-refractivity contribution in [2.75, 3.05) is 0 Å². The highest BCUT2D eigenvalue weighted by Crippen LogP contribution is 2.19. The van der Waals surface area contributed by atoms with E-state index in [4.69, 9.17) is 0 Å². The molecular formula is C7H10BrN. The number of allylic oxidation sites excluding steroid dienone is 2. The Morgan fingerprint density at radius 1 is 1.67 bits per heavy atom. The molecule has 0 bridgehead atoms. The number of nitrogens with one attached hydrogen (secondary N) is 1. The van der Waals surface area contributed by atoms with Crippen LogP contribution in [0.4, 0.5) is 0 Å². The molecule has 0 aliphatic carbocycles. The van der Waals surface area contributed by atoms with E-state index in [0.29, 0.717) is 6.04 Å². The maximum atomic E-state index is 3.45. The zero-order valence-corrected chi connectivity index (χ0v) is 7.20. The van der Waals surface area contributed by atoms with E-state index in [1.807, 2.05) is 6.20 Å². The number of hydrogen-bond donors (Lipinski definition) is 1. The molecule has 1 atom stereocenters. The molecule has 0 spiro atoms. The van der Waals surface area contributed by atoms with Gasteiger partial charge in [0.2, 0.25) is 0 Å². The molecule has 0 saturated carbocycles. The summed E-state index contributed by atoms with van der Waals surface area (Å²) in [5.74, 6) is 0. The second-order valence-electron chi connectivity index (χ2n) is 2.30. The van der Waals surface area contributed by atoms with Gasteiger partial charge in [-0.05, 0) is 25.5 Å². The fourth-order valence-corrected chi connectivity index (χ4v) is 1.24. The Morgan fingerprint density at radius 3 is 2.78 bits per heavy atom. The van der Waals surface area contributed by atoms with Gasteiger partial charge in [0.15, 0.2) is 0 Å². The van der Waals surface area contributed by atoms with Crippen molar-refractivity contribution in [3.63, 3.8) is 0 Å². The van der Waals surface area contributed by atoms with E-state index in [-0.39, 0.29) is 0 Å². The molecule has 1 N–H and O–H groups in total. The van der Waals surface area contributed by atoms with Gasteiger partial charge >= 0.3 is 0 Å². The van der Waals surface area contributed by atoms with Crippen molar-refractivity contribution in [3.8, 4) is 0 Å². The van der Waals surface area contributed by atoms with Crippen molar-refractivity contribution in [2.24, 2.45) is 0 Å². The lowest BCUT2D eigenvalue weighted by Crippen LogP contribution is -2.21. The topological polar surface area (TPSA) is 12.0 Å². The van der Waals surface area contributed by atoms with Crippen LogP contribution >= 0.6 is 15.9 Å². The van der Waals surface area contributed by atoms with Gasteiger partial charge < -0.3 is 5.32 Å². The molecule has 1 aliphatic rings. The molecule has 50 valence electrons. The lowest BCUT2D eigenvalue weighted by Gasteiger charge is -2.14. The third-order valence-electron chi connectivity index (χ3n) is 1.34. The Morgan fingerprint density at radius 2 is 2.33 bits per heavy atom. The van der Waals surface area contributed by atoms with Crippen molar-refractivity contribution < 1.29 is 0 Å². The van der Waals surface area contributed by atoms with Gasteiger partial charge in [-0.1, -0.05) is 15.9 Å². The predicted molar refractivity (Wildman–Crippen MR) is 43.4 cm³/mol. The standard InChI is InChI=1S/C7H10BrN/c1-5-4-9-6(2)3-7(5)8/h3-4,6,9H,1-2H3. The van der Waals surface area contributed by atoms with Gasteiger partial charge in [0, 0.05) is 16.7 Å². The SMILES string of the molecule is CC1=CNC(C)C=C1Br. The van der Waals surface area contributed by atoms with Crippen molar-refractivity contribution in [1.29, 1.82) is 0 Å². The summed E-state index contributed by atoms with van der Waals surface area (Å²) >= 11 is 3.45. The summed E-state index contributed by atoms with van der Waals surface area (Å²) in [4.78, 5) is 0. The van der Waals surface area contributed by atoms with Crippen LogP contribution in [0.1, 0.15) is 13.8 Å². The molecule has 1 rings (SSSR count). The Hall–Kier alpha value is -0.240. The number of hydrogen-bond acceptors (Lipinski definition) is 1. The van der Waals surface area contributed by atoms with Crippen molar-refractivity contribution in [2.45, 2.75) is 19.9 Å². The molecule has 2 heteroatoms. The average Bonchev–Trinajstić information content (AvgIpc) is 1.80. The first-order chi connectivity index (χ1) is 4.20.